The number of aliphatic hydroxyl groups excluding tert-OH is 1. The molecule has 2 atom stereocenters. The Morgan fingerprint density at radius 2 is 1.88 bits per heavy atom. The molecule has 0 amide bonds. The molecule has 3 rings (SSSR count). The lowest BCUT2D eigenvalue weighted by molar-refractivity contribution is -0.106. The molecule has 1 saturated heterocycles. The maximum Gasteiger partial charge on any atom is 0.123 e. The van der Waals surface area contributed by atoms with Crippen molar-refractivity contribution in [3.05, 3.63) is 60.2 Å². The molecule has 2 unspecified atom stereocenters. The molecule has 0 saturated carbocycles. The van der Waals surface area contributed by atoms with Gasteiger partial charge in [0.1, 0.15) is 18.0 Å². The highest BCUT2D eigenvalue weighted by Gasteiger charge is 2.40. The second-order valence-electron chi connectivity index (χ2n) is 5.96. The zero-order chi connectivity index (χ0) is 16.8. The number of aliphatic hydroxyl groups is 2. The fourth-order valence-electron chi connectivity index (χ4n) is 2.64. The smallest absolute Gasteiger partial charge is 0.123 e. The number of benzene rings is 2. The lowest BCUT2D eigenvalue weighted by Gasteiger charge is -2.37. The normalized spacial score (nSPS) is 23.8. The largest absolute Gasteiger partial charge is 0.489 e. The number of ether oxygens (including phenoxy) is 2. The summed E-state index contributed by atoms with van der Waals surface area (Å²) in [5, 5.41) is 19.8. The van der Waals surface area contributed by atoms with Gasteiger partial charge in [0.15, 0.2) is 0 Å². The second kappa shape index (κ2) is 8.03. The van der Waals surface area contributed by atoms with Crippen LogP contribution in [0.5, 0.6) is 5.75 Å². The van der Waals surface area contributed by atoms with Gasteiger partial charge in [-0.3, -0.25) is 0 Å². The first-order valence-corrected chi connectivity index (χ1v) is 8.92. The van der Waals surface area contributed by atoms with E-state index in [9.17, 15) is 10.2 Å². The summed E-state index contributed by atoms with van der Waals surface area (Å²) < 4.78 is 11.1. The Morgan fingerprint density at radius 1 is 1.12 bits per heavy atom. The Kier molecular flexibility index (Phi) is 5.79. The van der Waals surface area contributed by atoms with Gasteiger partial charge in [0.2, 0.25) is 0 Å². The molecule has 24 heavy (non-hydrogen) atoms. The molecule has 0 bridgehead atoms. The van der Waals surface area contributed by atoms with E-state index in [1.165, 1.54) is 0 Å². The molecule has 2 aromatic rings. The molecule has 5 heteroatoms. The molecule has 2 N–H and O–H groups in total. The van der Waals surface area contributed by atoms with Crippen LogP contribution in [0.25, 0.3) is 0 Å². The molecular weight excluding hydrogens is 324 g/mol. The van der Waals surface area contributed by atoms with Crippen molar-refractivity contribution in [2.45, 2.75) is 28.8 Å². The quantitative estimate of drug-likeness (QED) is 0.842. The lowest BCUT2D eigenvalue weighted by atomic mass is 9.97. The van der Waals surface area contributed by atoms with Crippen LogP contribution in [0.4, 0.5) is 0 Å². The monoisotopic (exact) mass is 346 g/mol. The van der Waals surface area contributed by atoms with E-state index < -0.39 is 5.60 Å². The summed E-state index contributed by atoms with van der Waals surface area (Å²) in [6.45, 7) is 1.04. The maximum atomic E-state index is 10.4. The molecule has 2 aromatic carbocycles. The molecule has 4 nitrogen and oxygen atoms in total. The van der Waals surface area contributed by atoms with Crippen LogP contribution in [0.3, 0.4) is 0 Å². The Labute approximate surface area is 146 Å². The fraction of sp³-hybridized carbons (Fsp3) is 0.368. The van der Waals surface area contributed by atoms with Crippen molar-refractivity contribution >= 4 is 11.8 Å². The van der Waals surface area contributed by atoms with E-state index in [4.69, 9.17) is 9.47 Å². The van der Waals surface area contributed by atoms with Crippen LogP contribution in [0.1, 0.15) is 12.0 Å². The Morgan fingerprint density at radius 3 is 2.58 bits per heavy atom. The molecule has 1 aliphatic rings. The van der Waals surface area contributed by atoms with E-state index in [0.717, 1.165) is 16.2 Å². The molecule has 0 aromatic heterocycles. The minimum atomic E-state index is -1.18. The Balaban J connectivity index is 1.58. The highest BCUT2D eigenvalue weighted by Crippen LogP contribution is 2.36. The first-order valence-electron chi connectivity index (χ1n) is 8.04. The van der Waals surface area contributed by atoms with Crippen molar-refractivity contribution in [3.63, 3.8) is 0 Å². The first kappa shape index (κ1) is 17.3. The average Bonchev–Trinajstić information content (AvgIpc) is 2.64. The molecular formula is C19H22O4S. The van der Waals surface area contributed by atoms with Crippen molar-refractivity contribution < 1.29 is 19.7 Å². The molecule has 128 valence electrons. The standard InChI is InChI=1S/C19H22O4S/c20-13-19(21)14-22-11-10-18(19)24-17-8-6-16(7-9-17)23-12-15-4-2-1-3-5-15/h1-9,18,20-21H,10-14H2. The van der Waals surface area contributed by atoms with E-state index in [-0.39, 0.29) is 18.5 Å². The summed E-state index contributed by atoms with van der Waals surface area (Å²) in [6.07, 6.45) is 0.716. The van der Waals surface area contributed by atoms with Gasteiger partial charge >= 0.3 is 0 Å². The van der Waals surface area contributed by atoms with E-state index in [0.29, 0.717) is 19.6 Å². The van der Waals surface area contributed by atoms with Gasteiger partial charge in [-0.2, -0.15) is 0 Å². The zero-order valence-corrected chi connectivity index (χ0v) is 14.2. The number of thioether (sulfide) groups is 1. The maximum absolute atomic E-state index is 10.4. The minimum absolute atomic E-state index is 0.0765. The lowest BCUT2D eigenvalue weighted by Crippen LogP contribution is -2.51. The van der Waals surface area contributed by atoms with E-state index in [2.05, 4.69) is 0 Å². The average molecular weight is 346 g/mol. The summed E-state index contributed by atoms with van der Waals surface area (Å²) in [7, 11) is 0. The molecule has 0 aliphatic carbocycles. The SMILES string of the molecule is OCC1(O)COCCC1Sc1ccc(OCc2ccccc2)cc1. The van der Waals surface area contributed by atoms with E-state index >= 15 is 0 Å². The molecule has 1 heterocycles. The summed E-state index contributed by atoms with van der Waals surface area (Å²) in [5.41, 5.74) is -0.0445. The third kappa shape index (κ3) is 4.30. The first-order chi connectivity index (χ1) is 11.7. The number of hydrogen-bond acceptors (Lipinski definition) is 5. The van der Waals surface area contributed by atoms with Crippen molar-refractivity contribution in [2.75, 3.05) is 19.8 Å². The third-order valence-corrected chi connectivity index (χ3v) is 5.60. The Hall–Kier alpha value is -1.53. The predicted molar refractivity (Wildman–Crippen MR) is 94.3 cm³/mol. The van der Waals surface area contributed by atoms with Crippen LogP contribution in [-0.2, 0) is 11.3 Å². The molecule has 1 fully saturated rings. The van der Waals surface area contributed by atoms with Gasteiger partial charge < -0.3 is 19.7 Å². The highest BCUT2D eigenvalue weighted by atomic mass is 32.2. The number of hydrogen-bond donors (Lipinski definition) is 2. The summed E-state index contributed by atoms with van der Waals surface area (Å²) in [5.74, 6) is 0.813. The van der Waals surface area contributed by atoms with Crippen molar-refractivity contribution in [2.24, 2.45) is 0 Å². The van der Waals surface area contributed by atoms with Crippen LogP contribution in [0.2, 0.25) is 0 Å². The van der Waals surface area contributed by atoms with Crippen molar-refractivity contribution in [3.8, 4) is 5.75 Å². The van der Waals surface area contributed by atoms with Gasteiger partial charge in [0.25, 0.3) is 0 Å². The van der Waals surface area contributed by atoms with Crippen LogP contribution >= 0.6 is 11.8 Å². The zero-order valence-electron chi connectivity index (χ0n) is 13.4. The highest BCUT2D eigenvalue weighted by molar-refractivity contribution is 8.00. The van der Waals surface area contributed by atoms with Gasteiger partial charge in [0, 0.05) is 16.8 Å². The van der Waals surface area contributed by atoms with Gasteiger partial charge in [-0.05, 0) is 36.2 Å². The second-order valence-corrected chi connectivity index (χ2v) is 7.23. The van der Waals surface area contributed by atoms with Crippen LogP contribution in [0.15, 0.2) is 59.5 Å². The van der Waals surface area contributed by atoms with Gasteiger partial charge in [-0.25, -0.2) is 0 Å². The van der Waals surface area contributed by atoms with Crippen LogP contribution < -0.4 is 4.74 Å². The van der Waals surface area contributed by atoms with Crippen molar-refractivity contribution in [1.82, 2.24) is 0 Å². The van der Waals surface area contributed by atoms with Gasteiger partial charge in [0.05, 0.1) is 13.2 Å². The van der Waals surface area contributed by atoms with Crippen molar-refractivity contribution in [1.29, 1.82) is 0 Å². The van der Waals surface area contributed by atoms with E-state index in [1.807, 2.05) is 54.6 Å². The van der Waals surface area contributed by atoms with Gasteiger partial charge in [-0.15, -0.1) is 11.8 Å². The van der Waals surface area contributed by atoms with Crippen LogP contribution in [0, 0.1) is 0 Å². The summed E-state index contributed by atoms with van der Waals surface area (Å²) in [6, 6.07) is 17.9. The summed E-state index contributed by atoms with van der Waals surface area (Å²) >= 11 is 1.57. The topological polar surface area (TPSA) is 58.9 Å². The molecule has 0 radical (unpaired) electrons. The number of rotatable bonds is 6. The fourth-order valence-corrected chi connectivity index (χ4v) is 3.83. The van der Waals surface area contributed by atoms with Crippen LogP contribution in [-0.4, -0.2) is 40.9 Å². The molecule has 0 spiro atoms. The predicted octanol–water partition coefficient (Wildman–Crippen LogP) is 2.87. The van der Waals surface area contributed by atoms with E-state index in [1.54, 1.807) is 11.8 Å². The Bertz CT molecular complexity index is 632. The summed E-state index contributed by atoms with van der Waals surface area (Å²) in [4.78, 5) is 1.04. The minimum Gasteiger partial charge on any atom is -0.489 e. The molecule has 1 aliphatic heterocycles. The third-order valence-electron chi connectivity index (χ3n) is 4.10. The van der Waals surface area contributed by atoms with Gasteiger partial charge in [-0.1, -0.05) is 30.3 Å².